The molecule has 17 heavy (non-hydrogen) atoms. The van der Waals surface area contributed by atoms with Gasteiger partial charge in [-0.3, -0.25) is 4.79 Å². The Kier molecular flexibility index (Phi) is 4.18. The van der Waals surface area contributed by atoms with Gasteiger partial charge in [-0.25, -0.2) is 0 Å². The zero-order valence-electron chi connectivity index (χ0n) is 9.92. The quantitative estimate of drug-likeness (QED) is 0.881. The monoisotopic (exact) mass is 296 g/mol. The number of halogens is 1. The van der Waals surface area contributed by atoms with Crippen molar-refractivity contribution in [3.8, 4) is 0 Å². The first-order chi connectivity index (χ1) is 8.16. The van der Waals surface area contributed by atoms with Gasteiger partial charge in [-0.1, -0.05) is 6.07 Å². The van der Waals surface area contributed by atoms with Gasteiger partial charge in [0.15, 0.2) is 0 Å². The molecule has 0 radical (unpaired) electrons. The van der Waals surface area contributed by atoms with Crippen LogP contribution in [0.5, 0.6) is 0 Å². The molecule has 4 heteroatoms. The molecule has 0 aliphatic carbocycles. The Bertz CT molecular complexity index is 414. The maximum Gasteiger partial charge on any atom is 0.227 e. The van der Waals surface area contributed by atoms with E-state index in [0.717, 1.165) is 36.1 Å². The third kappa shape index (κ3) is 3.30. The van der Waals surface area contributed by atoms with Crippen LogP contribution in [0.15, 0.2) is 22.7 Å². The average Bonchev–Trinajstić information content (AvgIpc) is 2.34. The van der Waals surface area contributed by atoms with E-state index in [0.29, 0.717) is 0 Å². The van der Waals surface area contributed by atoms with Crippen LogP contribution < -0.4 is 10.6 Å². The first-order valence-electron chi connectivity index (χ1n) is 5.94. The number of anilines is 1. The first kappa shape index (κ1) is 12.6. The molecule has 1 fully saturated rings. The fraction of sp³-hybridized carbons (Fsp3) is 0.462. The van der Waals surface area contributed by atoms with Crippen molar-refractivity contribution in [3.63, 3.8) is 0 Å². The first-order valence-corrected chi connectivity index (χ1v) is 6.74. The SMILES string of the molecule is Cc1ccc(NC(=O)C2CCNCC2)c(Br)c1. The zero-order valence-corrected chi connectivity index (χ0v) is 11.5. The molecule has 0 unspecified atom stereocenters. The van der Waals surface area contributed by atoms with Gasteiger partial charge in [0.05, 0.1) is 5.69 Å². The molecule has 2 N–H and O–H groups in total. The van der Waals surface area contributed by atoms with Crippen molar-refractivity contribution in [3.05, 3.63) is 28.2 Å². The van der Waals surface area contributed by atoms with Crippen molar-refractivity contribution in [1.82, 2.24) is 5.32 Å². The second-order valence-electron chi connectivity index (χ2n) is 4.50. The Morgan fingerprint density at radius 1 is 1.41 bits per heavy atom. The summed E-state index contributed by atoms with van der Waals surface area (Å²) >= 11 is 3.47. The molecule has 0 saturated carbocycles. The van der Waals surface area contributed by atoms with Crippen LogP contribution in [0.3, 0.4) is 0 Å². The van der Waals surface area contributed by atoms with E-state index >= 15 is 0 Å². The van der Waals surface area contributed by atoms with E-state index in [4.69, 9.17) is 0 Å². The van der Waals surface area contributed by atoms with Gasteiger partial charge in [-0.15, -0.1) is 0 Å². The van der Waals surface area contributed by atoms with Crippen LogP contribution in [0.25, 0.3) is 0 Å². The summed E-state index contributed by atoms with van der Waals surface area (Å²) in [5.41, 5.74) is 2.04. The molecule has 1 saturated heterocycles. The van der Waals surface area contributed by atoms with Gasteiger partial charge in [-0.05, 0) is 66.5 Å². The third-order valence-electron chi connectivity index (χ3n) is 3.09. The van der Waals surface area contributed by atoms with Crippen LogP contribution >= 0.6 is 15.9 Å². The Balaban J connectivity index is 2.02. The molecular weight excluding hydrogens is 280 g/mol. The van der Waals surface area contributed by atoms with Crippen molar-refractivity contribution in [2.45, 2.75) is 19.8 Å². The number of hydrogen-bond donors (Lipinski definition) is 2. The fourth-order valence-corrected chi connectivity index (χ4v) is 2.63. The second kappa shape index (κ2) is 5.65. The number of amides is 1. The summed E-state index contributed by atoms with van der Waals surface area (Å²) in [7, 11) is 0. The molecule has 2 rings (SSSR count). The lowest BCUT2D eigenvalue weighted by Crippen LogP contribution is -2.34. The van der Waals surface area contributed by atoms with E-state index in [9.17, 15) is 4.79 Å². The highest BCUT2D eigenvalue weighted by Crippen LogP contribution is 2.24. The van der Waals surface area contributed by atoms with Gasteiger partial charge in [0, 0.05) is 10.4 Å². The molecule has 1 aliphatic heterocycles. The van der Waals surface area contributed by atoms with E-state index in [1.807, 2.05) is 25.1 Å². The lowest BCUT2D eigenvalue weighted by molar-refractivity contribution is -0.120. The molecular formula is C13H17BrN2O. The molecule has 0 spiro atoms. The van der Waals surface area contributed by atoms with Gasteiger partial charge >= 0.3 is 0 Å². The minimum atomic E-state index is 0.135. The van der Waals surface area contributed by atoms with Gasteiger partial charge < -0.3 is 10.6 Å². The van der Waals surface area contributed by atoms with Gasteiger partial charge in [0.1, 0.15) is 0 Å². The van der Waals surface area contributed by atoms with Crippen LogP contribution in [-0.2, 0) is 4.79 Å². The fourth-order valence-electron chi connectivity index (χ4n) is 2.04. The molecule has 1 amide bonds. The van der Waals surface area contributed by atoms with Gasteiger partial charge in [0.2, 0.25) is 5.91 Å². The second-order valence-corrected chi connectivity index (χ2v) is 5.35. The molecule has 1 aliphatic rings. The minimum absolute atomic E-state index is 0.135. The van der Waals surface area contributed by atoms with Crippen molar-refractivity contribution in [2.24, 2.45) is 5.92 Å². The number of carbonyl (C=O) groups is 1. The lowest BCUT2D eigenvalue weighted by Gasteiger charge is -2.22. The summed E-state index contributed by atoms with van der Waals surface area (Å²) in [6, 6.07) is 5.96. The van der Waals surface area contributed by atoms with Gasteiger partial charge in [-0.2, -0.15) is 0 Å². The molecule has 92 valence electrons. The van der Waals surface area contributed by atoms with Crippen LogP contribution in [0.1, 0.15) is 18.4 Å². The minimum Gasteiger partial charge on any atom is -0.325 e. The highest BCUT2D eigenvalue weighted by Gasteiger charge is 2.21. The lowest BCUT2D eigenvalue weighted by atomic mass is 9.97. The summed E-state index contributed by atoms with van der Waals surface area (Å²) in [4.78, 5) is 12.0. The Labute approximate surface area is 110 Å². The number of nitrogens with one attached hydrogen (secondary N) is 2. The average molecular weight is 297 g/mol. The predicted octanol–water partition coefficient (Wildman–Crippen LogP) is 2.70. The van der Waals surface area contributed by atoms with Crippen LogP contribution in [0, 0.1) is 12.8 Å². The Hall–Kier alpha value is -0.870. The maximum atomic E-state index is 12.0. The van der Waals surface area contributed by atoms with E-state index < -0.39 is 0 Å². The molecule has 1 heterocycles. The van der Waals surface area contributed by atoms with Crippen molar-refractivity contribution < 1.29 is 4.79 Å². The van der Waals surface area contributed by atoms with Crippen LogP contribution in [0.2, 0.25) is 0 Å². The van der Waals surface area contributed by atoms with Crippen molar-refractivity contribution in [1.29, 1.82) is 0 Å². The molecule has 3 nitrogen and oxygen atoms in total. The zero-order chi connectivity index (χ0) is 12.3. The molecule has 0 atom stereocenters. The van der Waals surface area contributed by atoms with Crippen LogP contribution in [-0.4, -0.2) is 19.0 Å². The highest BCUT2D eigenvalue weighted by atomic mass is 79.9. The van der Waals surface area contributed by atoms with Crippen molar-refractivity contribution >= 4 is 27.5 Å². The van der Waals surface area contributed by atoms with Crippen LogP contribution in [0.4, 0.5) is 5.69 Å². The Morgan fingerprint density at radius 2 is 2.12 bits per heavy atom. The number of rotatable bonds is 2. The highest BCUT2D eigenvalue weighted by molar-refractivity contribution is 9.10. The Morgan fingerprint density at radius 3 is 2.76 bits per heavy atom. The summed E-state index contributed by atoms with van der Waals surface area (Å²) in [6.07, 6.45) is 1.85. The summed E-state index contributed by atoms with van der Waals surface area (Å²) in [6.45, 7) is 3.91. The smallest absolute Gasteiger partial charge is 0.227 e. The molecule has 0 bridgehead atoms. The summed E-state index contributed by atoms with van der Waals surface area (Å²) in [5, 5.41) is 6.26. The standard InChI is InChI=1S/C13H17BrN2O/c1-9-2-3-12(11(14)8-9)16-13(17)10-4-6-15-7-5-10/h2-3,8,10,15H,4-7H2,1H3,(H,16,17). The number of benzene rings is 1. The summed E-state index contributed by atoms with van der Waals surface area (Å²) < 4.78 is 0.944. The number of carbonyl (C=O) groups excluding carboxylic acids is 1. The van der Waals surface area contributed by atoms with Gasteiger partial charge in [0.25, 0.3) is 0 Å². The number of aryl methyl sites for hydroxylation is 1. The molecule has 0 aromatic heterocycles. The molecule has 1 aromatic carbocycles. The van der Waals surface area contributed by atoms with E-state index in [1.54, 1.807) is 0 Å². The maximum absolute atomic E-state index is 12.0. The number of piperidine rings is 1. The van der Waals surface area contributed by atoms with E-state index in [-0.39, 0.29) is 11.8 Å². The topological polar surface area (TPSA) is 41.1 Å². The molecule has 1 aromatic rings. The predicted molar refractivity (Wildman–Crippen MR) is 73.1 cm³/mol. The number of hydrogen-bond acceptors (Lipinski definition) is 2. The van der Waals surface area contributed by atoms with Crippen molar-refractivity contribution in [2.75, 3.05) is 18.4 Å². The normalized spacial score (nSPS) is 16.8. The largest absolute Gasteiger partial charge is 0.325 e. The summed E-state index contributed by atoms with van der Waals surface area (Å²) in [5.74, 6) is 0.278. The van der Waals surface area contributed by atoms with E-state index in [2.05, 4.69) is 26.6 Å². The van der Waals surface area contributed by atoms with E-state index in [1.165, 1.54) is 5.56 Å². The third-order valence-corrected chi connectivity index (χ3v) is 3.75.